The van der Waals surface area contributed by atoms with Gasteiger partial charge < -0.3 is 10.1 Å². The minimum absolute atomic E-state index is 0.428. The zero-order valence-electron chi connectivity index (χ0n) is 11.5. The van der Waals surface area contributed by atoms with E-state index in [0.717, 1.165) is 19.6 Å². The third-order valence-corrected chi connectivity index (χ3v) is 3.26. The highest BCUT2D eigenvalue weighted by atomic mass is 16.5. The van der Waals surface area contributed by atoms with Crippen LogP contribution in [-0.2, 0) is 4.74 Å². The maximum Gasteiger partial charge on any atom is 0.0462 e. The van der Waals surface area contributed by atoms with Crippen molar-refractivity contribution < 1.29 is 4.74 Å². The second kappa shape index (κ2) is 7.46. The van der Waals surface area contributed by atoms with Crippen molar-refractivity contribution in [1.29, 1.82) is 0 Å². The van der Waals surface area contributed by atoms with E-state index in [2.05, 4.69) is 44.3 Å². The van der Waals surface area contributed by atoms with Gasteiger partial charge in [0, 0.05) is 19.8 Å². The molecule has 1 N–H and O–H groups in total. The Bertz CT molecular complexity index is 336. The minimum Gasteiger partial charge on any atom is -0.385 e. The fourth-order valence-electron chi connectivity index (χ4n) is 1.84. The van der Waals surface area contributed by atoms with Crippen molar-refractivity contribution in [2.75, 3.05) is 20.3 Å². The quantitative estimate of drug-likeness (QED) is 0.732. The average molecular weight is 235 g/mol. The summed E-state index contributed by atoms with van der Waals surface area (Å²) in [5.41, 5.74) is 4.11. The van der Waals surface area contributed by atoms with Gasteiger partial charge in [0.2, 0.25) is 0 Å². The lowest BCUT2D eigenvalue weighted by Gasteiger charge is -2.15. The lowest BCUT2D eigenvalue weighted by molar-refractivity contribution is 0.192. The van der Waals surface area contributed by atoms with Crippen LogP contribution < -0.4 is 5.32 Å². The van der Waals surface area contributed by atoms with E-state index in [1.807, 2.05) is 0 Å². The first-order valence-corrected chi connectivity index (χ1v) is 6.44. The molecular weight excluding hydrogens is 210 g/mol. The van der Waals surface area contributed by atoms with Crippen molar-refractivity contribution in [2.45, 2.75) is 39.7 Å². The molecule has 0 saturated heterocycles. The topological polar surface area (TPSA) is 21.3 Å². The van der Waals surface area contributed by atoms with E-state index < -0.39 is 0 Å². The van der Waals surface area contributed by atoms with E-state index in [1.165, 1.54) is 23.1 Å². The summed E-state index contributed by atoms with van der Waals surface area (Å²) in [6, 6.07) is 7.13. The molecule has 0 spiro atoms. The molecule has 1 atom stereocenters. The highest BCUT2D eigenvalue weighted by molar-refractivity contribution is 5.31. The van der Waals surface area contributed by atoms with E-state index in [1.54, 1.807) is 7.11 Å². The highest BCUT2D eigenvalue weighted by Crippen LogP contribution is 2.16. The van der Waals surface area contributed by atoms with Crippen LogP contribution in [0.2, 0.25) is 0 Å². The smallest absolute Gasteiger partial charge is 0.0462 e. The first kappa shape index (κ1) is 14.2. The normalized spacial score (nSPS) is 12.7. The van der Waals surface area contributed by atoms with E-state index in [0.29, 0.717) is 6.04 Å². The van der Waals surface area contributed by atoms with Gasteiger partial charge in [-0.2, -0.15) is 0 Å². The number of hydrogen-bond donors (Lipinski definition) is 1. The first-order chi connectivity index (χ1) is 8.15. The molecule has 0 aliphatic rings. The molecule has 0 aliphatic carbocycles. The molecule has 1 unspecified atom stereocenters. The van der Waals surface area contributed by atoms with E-state index >= 15 is 0 Å². The molecule has 17 heavy (non-hydrogen) atoms. The number of benzene rings is 1. The van der Waals surface area contributed by atoms with Crippen molar-refractivity contribution in [3.63, 3.8) is 0 Å². The molecule has 0 saturated carbocycles. The third kappa shape index (κ3) is 4.88. The van der Waals surface area contributed by atoms with Gasteiger partial charge in [-0.15, -0.1) is 0 Å². The fourth-order valence-corrected chi connectivity index (χ4v) is 1.84. The molecule has 1 aromatic rings. The summed E-state index contributed by atoms with van der Waals surface area (Å²) in [5, 5.41) is 3.55. The summed E-state index contributed by atoms with van der Waals surface area (Å²) in [7, 11) is 1.76. The number of ether oxygens (including phenoxy) is 1. The van der Waals surface area contributed by atoms with Crippen molar-refractivity contribution in [1.82, 2.24) is 5.32 Å². The Morgan fingerprint density at radius 3 is 2.59 bits per heavy atom. The van der Waals surface area contributed by atoms with Crippen LogP contribution in [0.5, 0.6) is 0 Å². The predicted molar refractivity (Wildman–Crippen MR) is 73.4 cm³/mol. The summed E-state index contributed by atoms with van der Waals surface area (Å²) in [6.07, 6.45) is 2.30. The summed E-state index contributed by atoms with van der Waals surface area (Å²) < 4.78 is 5.03. The lowest BCUT2D eigenvalue weighted by Crippen LogP contribution is -2.20. The van der Waals surface area contributed by atoms with Gasteiger partial charge >= 0.3 is 0 Å². The van der Waals surface area contributed by atoms with Crippen LogP contribution in [-0.4, -0.2) is 20.3 Å². The zero-order valence-corrected chi connectivity index (χ0v) is 11.5. The van der Waals surface area contributed by atoms with Crippen LogP contribution in [0.1, 0.15) is 42.5 Å². The number of methoxy groups -OCH3 is 1. The number of aryl methyl sites for hydroxylation is 2. The molecule has 0 aromatic heterocycles. The van der Waals surface area contributed by atoms with Gasteiger partial charge in [-0.1, -0.05) is 18.2 Å². The van der Waals surface area contributed by atoms with Gasteiger partial charge in [0.15, 0.2) is 0 Å². The van der Waals surface area contributed by atoms with Crippen LogP contribution in [0.15, 0.2) is 18.2 Å². The lowest BCUT2D eigenvalue weighted by atomic mass is 10.0. The number of unbranched alkanes of at least 4 members (excludes halogenated alkanes) is 1. The average Bonchev–Trinajstić information content (AvgIpc) is 2.32. The number of rotatable bonds is 7. The summed E-state index contributed by atoms with van der Waals surface area (Å²) in [6.45, 7) is 8.46. The second-order valence-corrected chi connectivity index (χ2v) is 4.72. The Kier molecular flexibility index (Phi) is 6.23. The Morgan fingerprint density at radius 2 is 1.94 bits per heavy atom. The predicted octanol–water partition coefficient (Wildman–Crippen LogP) is 3.38. The van der Waals surface area contributed by atoms with Crippen molar-refractivity contribution in [2.24, 2.45) is 0 Å². The summed E-state index contributed by atoms with van der Waals surface area (Å²) in [5.74, 6) is 0. The molecule has 96 valence electrons. The molecule has 2 nitrogen and oxygen atoms in total. The number of hydrogen-bond acceptors (Lipinski definition) is 2. The van der Waals surface area contributed by atoms with Crippen LogP contribution in [0.25, 0.3) is 0 Å². The Morgan fingerprint density at radius 1 is 1.18 bits per heavy atom. The molecule has 0 radical (unpaired) electrons. The van der Waals surface area contributed by atoms with Gasteiger partial charge in [-0.3, -0.25) is 0 Å². The third-order valence-electron chi connectivity index (χ3n) is 3.26. The maximum absolute atomic E-state index is 5.03. The summed E-state index contributed by atoms with van der Waals surface area (Å²) >= 11 is 0. The van der Waals surface area contributed by atoms with Gasteiger partial charge in [-0.25, -0.2) is 0 Å². The molecule has 0 bridgehead atoms. The molecular formula is C15H25NO. The van der Waals surface area contributed by atoms with Gasteiger partial charge in [0.1, 0.15) is 0 Å². The monoisotopic (exact) mass is 235 g/mol. The van der Waals surface area contributed by atoms with E-state index in [9.17, 15) is 0 Å². The van der Waals surface area contributed by atoms with Gasteiger partial charge in [0.05, 0.1) is 0 Å². The van der Waals surface area contributed by atoms with E-state index in [-0.39, 0.29) is 0 Å². The van der Waals surface area contributed by atoms with Crippen molar-refractivity contribution in [3.8, 4) is 0 Å². The molecule has 1 aromatic carbocycles. The van der Waals surface area contributed by atoms with Crippen LogP contribution in [0.3, 0.4) is 0 Å². The van der Waals surface area contributed by atoms with Crippen molar-refractivity contribution in [3.05, 3.63) is 34.9 Å². The second-order valence-electron chi connectivity index (χ2n) is 4.72. The molecule has 0 fully saturated rings. The van der Waals surface area contributed by atoms with Crippen LogP contribution >= 0.6 is 0 Å². The Hall–Kier alpha value is -0.860. The van der Waals surface area contributed by atoms with Crippen LogP contribution in [0, 0.1) is 13.8 Å². The molecule has 2 heteroatoms. The van der Waals surface area contributed by atoms with Crippen molar-refractivity contribution >= 4 is 0 Å². The Balaban J connectivity index is 2.36. The fraction of sp³-hybridized carbons (Fsp3) is 0.600. The molecule has 0 aliphatic heterocycles. The molecule has 0 amide bonds. The standard InChI is InChI=1S/C15H25NO/c1-12-7-8-15(11-13(12)2)14(3)16-9-5-6-10-17-4/h7-8,11,14,16H,5-6,9-10H2,1-4H3. The Labute approximate surface area is 105 Å². The molecule has 0 heterocycles. The first-order valence-electron chi connectivity index (χ1n) is 6.44. The summed E-state index contributed by atoms with van der Waals surface area (Å²) in [4.78, 5) is 0. The number of nitrogens with one attached hydrogen (secondary N) is 1. The highest BCUT2D eigenvalue weighted by Gasteiger charge is 2.05. The minimum atomic E-state index is 0.428. The van der Waals surface area contributed by atoms with E-state index in [4.69, 9.17) is 4.74 Å². The van der Waals surface area contributed by atoms with Gasteiger partial charge in [0.25, 0.3) is 0 Å². The maximum atomic E-state index is 5.03. The zero-order chi connectivity index (χ0) is 12.7. The van der Waals surface area contributed by atoms with Gasteiger partial charge in [-0.05, 0) is 56.8 Å². The van der Waals surface area contributed by atoms with Crippen LogP contribution in [0.4, 0.5) is 0 Å². The molecule has 1 rings (SSSR count). The largest absolute Gasteiger partial charge is 0.385 e. The SMILES string of the molecule is COCCCCNC(C)c1ccc(C)c(C)c1.